The maximum absolute atomic E-state index is 11.4. The zero-order valence-electron chi connectivity index (χ0n) is 10.1. The molecule has 1 unspecified atom stereocenters. The number of carbonyl (C=O) groups excluding carboxylic acids is 2. The van der Waals surface area contributed by atoms with Crippen LogP contribution >= 0.6 is 0 Å². The number of carbonyl (C=O) groups is 2. The van der Waals surface area contributed by atoms with E-state index in [0.29, 0.717) is 26.0 Å². The normalized spacial score (nSPS) is 22.1. The summed E-state index contributed by atoms with van der Waals surface area (Å²) in [5.74, 6) is -0.416. The molecule has 2 amide bonds. The van der Waals surface area contributed by atoms with Crippen molar-refractivity contribution in [3.63, 3.8) is 0 Å². The lowest BCUT2D eigenvalue weighted by Gasteiger charge is -2.23. The fraction of sp³-hybridized carbons (Fsp3) is 0.818. The van der Waals surface area contributed by atoms with E-state index in [2.05, 4.69) is 10.6 Å². The molecule has 1 aliphatic rings. The highest BCUT2D eigenvalue weighted by Gasteiger charge is 2.25. The third kappa shape index (κ3) is 4.72. The number of ether oxygens (including phenoxy) is 1. The van der Waals surface area contributed by atoms with E-state index >= 15 is 0 Å². The Bertz CT molecular complexity index is 271. The monoisotopic (exact) mass is 228 g/mol. The number of hydrogen-bond acceptors (Lipinski definition) is 4. The summed E-state index contributed by atoms with van der Waals surface area (Å²) in [5, 5.41) is 5.38. The molecule has 0 aromatic carbocycles. The van der Waals surface area contributed by atoms with Gasteiger partial charge in [-0.05, 0) is 27.2 Å². The van der Waals surface area contributed by atoms with Gasteiger partial charge in [-0.1, -0.05) is 0 Å². The van der Waals surface area contributed by atoms with Crippen molar-refractivity contribution < 1.29 is 14.3 Å². The first-order valence-electron chi connectivity index (χ1n) is 5.59. The van der Waals surface area contributed by atoms with E-state index in [1.54, 1.807) is 0 Å². The van der Waals surface area contributed by atoms with Crippen LogP contribution in [-0.4, -0.2) is 36.6 Å². The first kappa shape index (κ1) is 13.1. The van der Waals surface area contributed by atoms with Crippen LogP contribution in [0.3, 0.4) is 0 Å². The molecule has 1 atom stereocenters. The standard InChI is InChI=1S/C11H20N2O3/c1-11(2,3)16-7-6-12-8-4-5-9(14)13-10(8)15/h8,12H,4-7H2,1-3H3,(H,13,14,15). The second-order valence-corrected chi connectivity index (χ2v) is 4.92. The average molecular weight is 228 g/mol. The van der Waals surface area contributed by atoms with Crippen molar-refractivity contribution in [2.24, 2.45) is 0 Å². The van der Waals surface area contributed by atoms with E-state index in [9.17, 15) is 9.59 Å². The van der Waals surface area contributed by atoms with E-state index in [1.165, 1.54) is 0 Å². The Balaban J connectivity index is 2.18. The Morgan fingerprint density at radius 2 is 2.12 bits per heavy atom. The minimum atomic E-state index is -0.263. The Morgan fingerprint density at radius 1 is 1.44 bits per heavy atom. The number of hydrogen-bond donors (Lipinski definition) is 2. The first-order chi connectivity index (χ1) is 7.38. The van der Waals surface area contributed by atoms with Gasteiger partial charge in [0.2, 0.25) is 11.8 Å². The van der Waals surface area contributed by atoms with Crippen molar-refractivity contribution in [3.8, 4) is 0 Å². The maximum atomic E-state index is 11.4. The van der Waals surface area contributed by atoms with E-state index in [-0.39, 0.29) is 23.5 Å². The molecular formula is C11H20N2O3. The minimum absolute atomic E-state index is 0.160. The van der Waals surface area contributed by atoms with Gasteiger partial charge in [0.1, 0.15) is 0 Å². The van der Waals surface area contributed by atoms with Crippen molar-refractivity contribution in [2.75, 3.05) is 13.2 Å². The predicted octanol–water partition coefficient (Wildman–Crippen LogP) is 0.196. The molecule has 0 bridgehead atoms. The zero-order chi connectivity index (χ0) is 12.2. The Morgan fingerprint density at radius 3 is 2.69 bits per heavy atom. The molecule has 5 nitrogen and oxygen atoms in total. The molecule has 16 heavy (non-hydrogen) atoms. The van der Waals surface area contributed by atoms with Gasteiger partial charge in [0.05, 0.1) is 18.2 Å². The topological polar surface area (TPSA) is 67.4 Å². The van der Waals surface area contributed by atoms with E-state index in [4.69, 9.17) is 4.74 Å². The van der Waals surface area contributed by atoms with Gasteiger partial charge in [0, 0.05) is 13.0 Å². The molecule has 2 N–H and O–H groups in total. The van der Waals surface area contributed by atoms with Crippen LogP contribution in [0, 0.1) is 0 Å². The third-order valence-corrected chi connectivity index (χ3v) is 2.27. The van der Waals surface area contributed by atoms with Crippen LogP contribution in [0.2, 0.25) is 0 Å². The number of rotatable bonds is 4. The lowest BCUT2D eigenvalue weighted by atomic mass is 10.1. The van der Waals surface area contributed by atoms with Crippen molar-refractivity contribution in [2.45, 2.75) is 45.3 Å². The molecule has 1 heterocycles. The number of amides is 2. The van der Waals surface area contributed by atoms with Gasteiger partial charge >= 0.3 is 0 Å². The van der Waals surface area contributed by atoms with Gasteiger partial charge < -0.3 is 10.1 Å². The Kier molecular flexibility index (Phi) is 4.44. The third-order valence-electron chi connectivity index (χ3n) is 2.27. The average Bonchev–Trinajstić information content (AvgIpc) is 2.13. The van der Waals surface area contributed by atoms with Gasteiger partial charge in [0.15, 0.2) is 0 Å². The van der Waals surface area contributed by atoms with Gasteiger partial charge in [-0.15, -0.1) is 0 Å². The molecule has 5 heteroatoms. The molecule has 0 saturated carbocycles. The molecule has 1 rings (SSSR count). The summed E-state index contributed by atoms with van der Waals surface area (Å²) in [5.41, 5.74) is -0.160. The molecule has 1 aliphatic heterocycles. The summed E-state index contributed by atoms with van der Waals surface area (Å²) in [6.07, 6.45) is 0.976. The minimum Gasteiger partial charge on any atom is -0.375 e. The fourth-order valence-corrected chi connectivity index (χ4v) is 1.48. The lowest BCUT2D eigenvalue weighted by molar-refractivity contribution is -0.134. The second kappa shape index (κ2) is 5.41. The SMILES string of the molecule is CC(C)(C)OCCNC1CCC(=O)NC1=O. The van der Waals surface area contributed by atoms with E-state index in [0.717, 1.165) is 0 Å². The summed E-state index contributed by atoms with van der Waals surface area (Å²) in [7, 11) is 0. The van der Waals surface area contributed by atoms with Crippen LogP contribution in [0.15, 0.2) is 0 Å². The fourth-order valence-electron chi connectivity index (χ4n) is 1.48. The molecule has 0 aliphatic carbocycles. The number of imide groups is 1. The predicted molar refractivity (Wildman–Crippen MR) is 59.9 cm³/mol. The van der Waals surface area contributed by atoms with Crippen LogP contribution in [0.25, 0.3) is 0 Å². The summed E-state index contributed by atoms with van der Waals surface area (Å²) < 4.78 is 5.52. The van der Waals surface area contributed by atoms with Crippen molar-refractivity contribution >= 4 is 11.8 Å². The molecule has 1 fully saturated rings. The molecule has 0 spiro atoms. The number of piperidine rings is 1. The van der Waals surface area contributed by atoms with Crippen molar-refractivity contribution in [1.29, 1.82) is 0 Å². The van der Waals surface area contributed by atoms with Crippen LogP contribution in [0.5, 0.6) is 0 Å². The lowest BCUT2D eigenvalue weighted by Crippen LogP contribution is -2.51. The molecular weight excluding hydrogens is 208 g/mol. The number of nitrogens with one attached hydrogen (secondary N) is 2. The molecule has 1 saturated heterocycles. The maximum Gasteiger partial charge on any atom is 0.243 e. The highest BCUT2D eigenvalue weighted by atomic mass is 16.5. The van der Waals surface area contributed by atoms with Crippen molar-refractivity contribution in [3.05, 3.63) is 0 Å². The van der Waals surface area contributed by atoms with Crippen LogP contribution in [-0.2, 0) is 14.3 Å². The highest BCUT2D eigenvalue weighted by Crippen LogP contribution is 2.06. The van der Waals surface area contributed by atoms with Crippen LogP contribution in [0.4, 0.5) is 0 Å². The van der Waals surface area contributed by atoms with Gasteiger partial charge in [0.25, 0.3) is 0 Å². The van der Waals surface area contributed by atoms with Crippen molar-refractivity contribution in [1.82, 2.24) is 10.6 Å². The zero-order valence-corrected chi connectivity index (χ0v) is 10.1. The van der Waals surface area contributed by atoms with E-state index in [1.807, 2.05) is 20.8 Å². The molecule has 0 aromatic rings. The summed E-state index contributed by atoms with van der Waals surface area (Å²) in [6.45, 7) is 7.13. The van der Waals surface area contributed by atoms with Gasteiger partial charge in [-0.3, -0.25) is 14.9 Å². The van der Waals surface area contributed by atoms with Crippen LogP contribution < -0.4 is 10.6 Å². The first-order valence-corrected chi connectivity index (χ1v) is 5.59. The molecule has 0 radical (unpaired) electrons. The smallest absolute Gasteiger partial charge is 0.243 e. The van der Waals surface area contributed by atoms with Crippen LogP contribution in [0.1, 0.15) is 33.6 Å². The molecule has 0 aromatic heterocycles. The van der Waals surface area contributed by atoms with Gasteiger partial charge in [-0.2, -0.15) is 0 Å². The quantitative estimate of drug-likeness (QED) is 0.532. The summed E-state index contributed by atoms with van der Waals surface area (Å²) in [4.78, 5) is 22.3. The molecule has 92 valence electrons. The Labute approximate surface area is 95.9 Å². The second-order valence-electron chi connectivity index (χ2n) is 4.92. The van der Waals surface area contributed by atoms with Gasteiger partial charge in [-0.25, -0.2) is 0 Å². The largest absolute Gasteiger partial charge is 0.375 e. The van der Waals surface area contributed by atoms with E-state index < -0.39 is 0 Å². The summed E-state index contributed by atoms with van der Waals surface area (Å²) in [6, 6.07) is -0.263. The summed E-state index contributed by atoms with van der Waals surface area (Å²) >= 11 is 0. The Hall–Kier alpha value is -0.940. The highest BCUT2D eigenvalue weighted by molar-refractivity contribution is 6.00.